The lowest BCUT2D eigenvalue weighted by molar-refractivity contribution is -0.297. The lowest BCUT2D eigenvalue weighted by atomic mass is 9.87. The molecule has 226 valence electrons. The third-order valence-electron chi connectivity index (χ3n) is 7.07. The molecule has 4 rings (SSSR count). The van der Waals surface area contributed by atoms with Crippen LogP contribution in [0, 0.1) is 0 Å². The van der Waals surface area contributed by atoms with Gasteiger partial charge in [-0.3, -0.25) is 4.79 Å². The highest BCUT2D eigenvalue weighted by Crippen LogP contribution is 2.45. The van der Waals surface area contributed by atoms with Gasteiger partial charge in [-0.15, -0.1) is 0 Å². The zero-order valence-corrected chi connectivity index (χ0v) is 23.3. The molecule has 14 heteroatoms. The molecular formula is C28H30O14. The molecule has 1 atom stereocenters. The summed E-state index contributed by atoms with van der Waals surface area (Å²) in [5.41, 5.74) is -0.282. The summed E-state index contributed by atoms with van der Waals surface area (Å²) in [6, 6.07) is 0. The number of hydrogen-bond acceptors (Lipinski definition) is 14. The van der Waals surface area contributed by atoms with E-state index in [2.05, 4.69) is 4.74 Å². The molecule has 3 heterocycles. The minimum atomic E-state index is -1.58. The van der Waals surface area contributed by atoms with Crippen molar-refractivity contribution in [1.29, 1.82) is 0 Å². The summed E-state index contributed by atoms with van der Waals surface area (Å²) < 4.78 is 36.8. The molecule has 0 amide bonds. The van der Waals surface area contributed by atoms with Crippen LogP contribution in [0.25, 0.3) is 0 Å². The molecule has 14 nitrogen and oxygen atoms in total. The van der Waals surface area contributed by atoms with Crippen molar-refractivity contribution < 1.29 is 67.3 Å². The zero-order chi connectivity index (χ0) is 30.9. The topological polar surface area (TPSA) is 190 Å². The third-order valence-corrected chi connectivity index (χ3v) is 7.07. The Labute approximate surface area is 239 Å². The summed E-state index contributed by atoms with van der Waals surface area (Å²) in [5, 5.41) is 20.1. The molecule has 1 aliphatic carbocycles. The summed E-state index contributed by atoms with van der Waals surface area (Å²) in [7, 11) is 1.21. The van der Waals surface area contributed by atoms with Gasteiger partial charge in [0.15, 0.2) is 0 Å². The van der Waals surface area contributed by atoms with Crippen LogP contribution in [0.15, 0.2) is 58.5 Å². The number of aliphatic hydroxyl groups excluding tert-OH is 2. The van der Waals surface area contributed by atoms with E-state index in [1.54, 1.807) is 6.92 Å². The van der Waals surface area contributed by atoms with Gasteiger partial charge in [-0.1, -0.05) is 17.7 Å². The smallest absolute Gasteiger partial charge is 0.348 e. The van der Waals surface area contributed by atoms with Crippen molar-refractivity contribution in [3.8, 4) is 0 Å². The Balaban J connectivity index is 1.38. The van der Waals surface area contributed by atoms with E-state index in [4.69, 9.17) is 28.4 Å². The molecule has 0 bridgehead atoms. The van der Waals surface area contributed by atoms with Gasteiger partial charge in [0.1, 0.15) is 16.7 Å². The first-order valence-electron chi connectivity index (χ1n) is 13.0. The molecule has 0 aromatic heterocycles. The van der Waals surface area contributed by atoms with E-state index in [0.29, 0.717) is 5.57 Å². The number of carbonyl (C=O) groups is 5. The fourth-order valence-electron chi connectivity index (χ4n) is 4.49. The van der Waals surface area contributed by atoms with Crippen LogP contribution in [-0.4, -0.2) is 64.5 Å². The average Bonchev–Trinajstić information content (AvgIpc) is 2.91. The second kappa shape index (κ2) is 11.3. The van der Waals surface area contributed by atoms with Crippen molar-refractivity contribution in [2.75, 3.05) is 7.11 Å². The first-order chi connectivity index (χ1) is 19.7. The SMILES string of the molecule is COC(=O)CCC1(C)OC(=O)C(C=CC(C)=CC=C2C(=O)OC3(CCC4(CC3)OC(=O)C(C)=C(O)O4)OC2=O)=C(O)O1. The van der Waals surface area contributed by atoms with E-state index in [1.807, 2.05) is 0 Å². The Hall–Kier alpha value is -4.75. The predicted octanol–water partition coefficient (Wildman–Crippen LogP) is 2.86. The van der Waals surface area contributed by atoms with Crippen LogP contribution in [-0.2, 0) is 57.1 Å². The van der Waals surface area contributed by atoms with E-state index in [0.717, 1.165) is 0 Å². The van der Waals surface area contributed by atoms with Gasteiger partial charge < -0.3 is 43.4 Å². The maximum absolute atomic E-state index is 12.7. The number of ether oxygens (including phenoxy) is 7. The van der Waals surface area contributed by atoms with Crippen molar-refractivity contribution in [1.82, 2.24) is 0 Å². The molecule has 0 aromatic rings. The molecule has 0 radical (unpaired) electrons. The van der Waals surface area contributed by atoms with Gasteiger partial charge in [-0.25, -0.2) is 19.2 Å². The largest absolute Gasteiger partial charge is 0.481 e. The van der Waals surface area contributed by atoms with E-state index in [9.17, 15) is 34.2 Å². The van der Waals surface area contributed by atoms with Gasteiger partial charge in [0.25, 0.3) is 29.3 Å². The maximum Gasteiger partial charge on any atom is 0.348 e. The zero-order valence-electron chi connectivity index (χ0n) is 23.3. The highest BCUT2D eigenvalue weighted by molar-refractivity contribution is 6.15. The van der Waals surface area contributed by atoms with E-state index >= 15 is 0 Å². The molecular weight excluding hydrogens is 560 g/mol. The standard InChI is InChI=1S/C28H30O14/c1-15(5-7-17-22(32)37-26(3,38-23(17)33)10-9-19(29)36-4)6-8-18-24(34)41-28(42-25(18)35)13-11-27(12-14-28)39-20(30)16(2)21(31)40-27/h5-8,30,32H,9-14H2,1-4H3. The van der Waals surface area contributed by atoms with Crippen LogP contribution < -0.4 is 0 Å². The Bertz CT molecular complexity index is 1350. The van der Waals surface area contributed by atoms with Crippen LogP contribution in [0.2, 0.25) is 0 Å². The second-order valence-corrected chi connectivity index (χ2v) is 10.3. The Morgan fingerprint density at radius 3 is 1.98 bits per heavy atom. The Morgan fingerprint density at radius 1 is 0.857 bits per heavy atom. The van der Waals surface area contributed by atoms with Crippen molar-refractivity contribution in [2.24, 2.45) is 0 Å². The summed E-state index contributed by atoms with van der Waals surface area (Å²) in [6.45, 7) is 4.34. The molecule has 3 aliphatic heterocycles. The van der Waals surface area contributed by atoms with Crippen LogP contribution in [0.5, 0.6) is 0 Å². The van der Waals surface area contributed by atoms with Crippen molar-refractivity contribution in [3.63, 3.8) is 0 Å². The summed E-state index contributed by atoms with van der Waals surface area (Å²) in [6.07, 6.45) is 4.99. The molecule has 2 N–H and O–H groups in total. The first kappa shape index (κ1) is 30.2. The van der Waals surface area contributed by atoms with E-state index in [1.165, 1.54) is 45.3 Å². The number of hydrogen-bond donors (Lipinski definition) is 2. The molecule has 42 heavy (non-hydrogen) atoms. The summed E-state index contributed by atoms with van der Waals surface area (Å²) >= 11 is 0. The number of methoxy groups -OCH3 is 1. The fraction of sp³-hybridized carbons (Fsp3) is 0.464. The maximum atomic E-state index is 12.7. The van der Waals surface area contributed by atoms with Gasteiger partial charge in [-0.05, 0) is 26.0 Å². The first-order valence-corrected chi connectivity index (χ1v) is 13.0. The molecule has 2 fully saturated rings. The quantitative estimate of drug-likeness (QED) is 0.151. The predicted molar refractivity (Wildman–Crippen MR) is 136 cm³/mol. The molecule has 4 aliphatic rings. The third kappa shape index (κ3) is 6.26. The van der Waals surface area contributed by atoms with Gasteiger partial charge >= 0.3 is 29.8 Å². The number of cyclic esters (lactones) is 1. The van der Waals surface area contributed by atoms with Crippen LogP contribution in [0.1, 0.15) is 59.3 Å². The fourth-order valence-corrected chi connectivity index (χ4v) is 4.49. The van der Waals surface area contributed by atoms with Crippen LogP contribution in [0.3, 0.4) is 0 Å². The number of allylic oxidation sites excluding steroid dienone is 4. The van der Waals surface area contributed by atoms with E-state index in [-0.39, 0.29) is 55.2 Å². The number of rotatable bonds is 6. The lowest BCUT2D eigenvalue weighted by Crippen LogP contribution is -2.54. The number of aliphatic hydroxyl groups is 2. The average molecular weight is 591 g/mol. The number of carbonyl (C=O) groups excluding carboxylic acids is 5. The normalized spacial score (nSPS) is 30.0. The van der Waals surface area contributed by atoms with Gasteiger partial charge in [0.05, 0.1) is 13.5 Å². The lowest BCUT2D eigenvalue weighted by Gasteiger charge is -2.46. The molecule has 1 saturated carbocycles. The summed E-state index contributed by atoms with van der Waals surface area (Å²) in [5.74, 6) is -9.84. The second-order valence-electron chi connectivity index (χ2n) is 10.3. The van der Waals surface area contributed by atoms with Crippen molar-refractivity contribution in [3.05, 3.63) is 58.5 Å². The molecule has 0 aromatic carbocycles. The Kier molecular flexibility index (Phi) is 8.10. The van der Waals surface area contributed by atoms with Crippen molar-refractivity contribution >= 4 is 29.8 Å². The minimum Gasteiger partial charge on any atom is -0.481 e. The Morgan fingerprint density at radius 2 is 1.43 bits per heavy atom. The van der Waals surface area contributed by atoms with Gasteiger partial charge in [0, 0.05) is 39.0 Å². The molecule has 1 saturated heterocycles. The van der Waals surface area contributed by atoms with Gasteiger partial charge in [0.2, 0.25) is 0 Å². The minimum absolute atomic E-state index is 0.00122. The van der Waals surface area contributed by atoms with Crippen LogP contribution >= 0.6 is 0 Å². The monoisotopic (exact) mass is 590 g/mol. The molecule has 1 unspecified atom stereocenters. The molecule has 2 spiro atoms. The highest BCUT2D eigenvalue weighted by Gasteiger charge is 2.55. The highest BCUT2D eigenvalue weighted by atomic mass is 16.8. The van der Waals surface area contributed by atoms with Crippen molar-refractivity contribution in [2.45, 2.75) is 76.7 Å². The summed E-state index contributed by atoms with van der Waals surface area (Å²) in [4.78, 5) is 61.3. The van der Waals surface area contributed by atoms with Gasteiger partial charge in [-0.2, -0.15) is 0 Å². The van der Waals surface area contributed by atoms with Crippen LogP contribution in [0.4, 0.5) is 0 Å². The number of esters is 5. The van der Waals surface area contributed by atoms with E-state index < -0.39 is 59.1 Å².